The van der Waals surface area contributed by atoms with Gasteiger partial charge < -0.3 is 10.4 Å². The molecule has 0 radical (unpaired) electrons. The Bertz CT molecular complexity index is 652. The highest BCUT2D eigenvalue weighted by Crippen LogP contribution is 2.27. The van der Waals surface area contributed by atoms with E-state index in [1.54, 1.807) is 0 Å². The summed E-state index contributed by atoms with van der Waals surface area (Å²) in [7, 11) is 0. The van der Waals surface area contributed by atoms with Gasteiger partial charge in [-0.3, -0.25) is 19.4 Å². The van der Waals surface area contributed by atoms with Crippen molar-refractivity contribution in [2.75, 3.05) is 38.0 Å². The van der Waals surface area contributed by atoms with Crippen molar-refractivity contribution in [3.63, 3.8) is 0 Å². The maximum atomic E-state index is 12.6. The summed E-state index contributed by atoms with van der Waals surface area (Å²) in [5, 5.41) is 12.1. The molecule has 0 atom stereocenters. The van der Waals surface area contributed by atoms with Gasteiger partial charge in [0.25, 0.3) is 0 Å². The van der Waals surface area contributed by atoms with E-state index in [1.165, 1.54) is 0 Å². The first kappa shape index (κ1) is 21.4. The molecule has 0 saturated carbocycles. The lowest BCUT2D eigenvalue weighted by Crippen LogP contribution is -2.48. The number of carboxylic acids is 1. The smallest absolute Gasteiger partial charge is 0.317 e. The summed E-state index contributed by atoms with van der Waals surface area (Å²) in [5.74, 6) is -0.411. The number of aliphatic carboxylic acids is 1. The molecule has 0 bridgehead atoms. The molecule has 0 aliphatic carbocycles. The van der Waals surface area contributed by atoms with Crippen molar-refractivity contribution >= 4 is 17.6 Å². The van der Waals surface area contributed by atoms with Gasteiger partial charge in [0.1, 0.15) is 0 Å². The Labute approximate surface area is 162 Å². The van der Waals surface area contributed by atoms with Gasteiger partial charge in [-0.25, -0.2) is 0 Å². The Morgan fingerprint density at radius 1 is 1.30 bits per heavy atom. The minimum atomic E-state index is -0.780. The predicted octanol–water partition coefficient (Wildman–Crippen LogP) is 2.93. The fraction of sp³-hybridized carbons (Fsp3) is 0.619. The van der Waals surface area contributed by atoms with Crippen LogP contribution in [-0.4, -0.2) is 65.5 Å². The van der Waals surface area contributed by atoms with Gasteiger partial charge in [0, 0.05) is 24.8 Å². The van der Waals surface area contributed by atoms with Crippen LogP contribution in [0.1, 0.15) is 50.7 Å². The Hall–Kier alpha value is -1.92. The van der Waals surface area contributed by atoms with E-state index in [0.717, 1.165) is 49.3 Å². The third kappa shape index (κ3) is 6.04. The number of hydrogen-bond acceptors (Lipinski definition) is 4. The number of amides is 1. The molecule has 2 N–H and O–H groups in total. The SMILES string of the molecule is CCN(CC(=O)O)C1CCN(CC(=O)Nc2c(C)cccc2C(C)C)CC1. The normalized spacial score (nSPS) is 16.1. The van der Waals surface area contributed by atoms with Crippen molar-refractivity contribution < 1.29 is 14.7 Å². The van der Waals surface area contributed by atoms with Crippen molar-refractivity contribution in [2.45, 2.75) is 52.5 Å². The number of likely N-dealkylation sites (N-methyl/N-ethyl adjacent to an activating group) is 1. The minimum Gasteiger partial charge on any atom is -0.480 e. The van der Waals surface area contributed by atoms with Gasteiger partial charge >= 0.3 is 5.97 Å². The Balaban J connectivity index is 1.89. The van der Waals surface area contributed by atoms with E-state index in [1.807, 2.05) is 30.9 Å². The first-order valence-electron chi connectivity index (χ1n) is 9.89. The van der Waals surface area contributed by atoms with Crippen molar-refractivity contribution in [3.05, 3.63) is 29.3 Å². The van der Waals surface area contributed by atoms with Gasteiger partial charge in [-0.2, -0.15) is 0 Å². The highest BCUT2D eigenvalue weighted by atomic mass is 16.4. The molecular weight excluding hydrogens is 342 g/mol. The van der Waals surface area contributed by atoms with E-state index < -0.39 is 5.97 Å². The van der Waals surface area contributed by atoms with Crippen LogP contribution < -0.4 is 5.32 Å². The van der Waals surface area contributed by atoms with Crippen LogP contribution in [0, 0.1) is 6.92 Å². The Morgan fingerprint density at radius 2 is 1.96 bits per heavy atom. The summed E-state index contributed by atoms with van der Waals surface area (Å²) in [5.41, 5.74) is 3.18. The third-order valence-corrected chi connectivity index (χ3v) is 5.38. The zero-order chi connectivity index (χ0) is 20.0. The molecule has 6 nitrogen and oxygen atoms in total. The van der Waals surface area contributed by atoms with E-state index in [2.05, 4.69) is 30.1 Å². The van der Waals surface area contributed by atoms with Gasteiger partial charge in [-0.05, 0) is 43.4 Å². The molecule has 1 amide bonds. The highest BCUT2D eigenvalue weighted by molar-refractivity contribution is 5.94. The molecule has 1 saturated heterocycles. The Morgan fingerprint density at radius 3 is 2.52 bits per heavy atom. The van der Waals surface area contributed by atoms with Crippen LogP contribution in [0.3, 0.4) is 0 Å². The number of benzene rings is 1. The standard InChI is InChI=1S/C21H33N3O3/c1-5-24(14-20(26)27)17-9-11-23(12-10-17)13-19(25)22-21-16(4)7-6-8-18(21)15(2)3/h6-8,15,17H,5,9-14H2,1-4H3,(H,22,25)(H,26,27). The number of piperidine rings is 1. The van der Waals surface area contributed by atoms with Crippen LogP contribution in [0.15, 0.2) is 18.2 Å². The summed E-state index contributed by atoms with van der Waals surface area (Å²) in [6.45, 7) is 11.1. The van der Waals surface area contributed by atoms with Gasteiger partial charge in [0.2, 0.25) is 5.91 Å². The van der Waals surface area contributed by atoms with E-state index in [9.17, 15) is 9.59 Å². The van der Waals surface area contributed by atoms with E-state index in [0.29, 0.717) is 12.5 Å². The van der Waals surface area contributed by atoms with Crippen LogP contribution in [0.4, 0.5) is 5.69 Å². The number of anilines is 1. The number of rotatable bonds is 8. The molecule has 1 aromatic rings. The number of aryl methyl sites for hydroxylation is 1. The highest BCUT2D eigenvalue weighted by Gasteiger charge is 2.26. The summed E-state index contributed by atoms with van der Waals surface area (Å²) in [6, 6.07) is 6.41. The molecule has 1 aliphatic rings. The molecular formula is C21H33N3O3. The van der Waals surface area contributed by atoms with Crippen molar-refractivity contribution in [2.24, 2.45) is 0 Å². The van der Waals surface area contributed by atoms with Crippen LogP contribution in [0.5, 0.6) is 0 Å². The summed E-state index contributed by atoms with van der Waals surface area (Å²) in [6.07, 6.45) is 1.80. The molecule has 27 heavy (non-hydrogen) atoms. The maximum Gasteiger partial charge on any atom is 0.317 e. The largest absolute Gasteiger partial charge is 0.480 e. The number of likely N-dealkylation sites (tertiary alicyclic amines) is 1. The second kappa shape index (κ2) is 9.85. The molecule has 1 heterocycles. The molecule has 2 rings (SSSR count). The number of carboxylic acid groups (broad SMARTS) is 1. The number of nitrogens with one attached hydrogen (secondary N) is 1. The second-order valence-electron chi connectivity index (χ2n) is 7.71. The van der Waals surface area contributed by atoms with Crippen LogP contribution in [0.2, 0.25) is 0 Å². The molecule has 1 aromatic carbocycles. The van der Waals surface area contributed by atoms with E-state index in [-0.39, 0.29) is 18.5 Å². The summed E-state index contributed by atoms with van der Waals surface area (Å²) < 4.78 is 0. The average molecular weight is 376 g/mol. The van der Waals surface area contributed by atoms with Gasteiger partial charge in [0.15, 0.2) is 0 Å². The Kier molecular flexibility index (Phi) is 7.80. The van der Waals surface area contributed by atoms with Crippen LogP contribution >= 0.6 is 0 Å². The number of carbonyl (C=O) groups is 2. The van der Waals surface area contributed by atoms with Gasteiger partial charge in [-0.15, -0.1) is 0 Å². The molecule has 0 spiro atoms. The van der Waals surface area contributed by atoms with Gasteiger partial charge in [-0.1, -0.05) is 39.0 Å². The quantitative estimate of drug-likeness (QED) is 0.731. The van der Waals surface area contributed by atoms with Crippen LogP contribution in [-0.2, 0) is 9.59 Å². The second-order valence-corrected chi connectivity index (χ2v) is 7.71. The molecule has 1 aliphatic heterocycles. The molecule has 0 aromatic heterocycles. The summed E-state index contributed by atoms with van der Waals surface area (Å²) in [4.78, 5) is 27.8. The lowest BCUT2D eigenvalue weighted by molar-refractivity contribution is -0.139. The zero-order valence-electron chi connectivity index (χ0n) is 17.0. The fourth-order valence-electron chi connectivity index (χ4n) is 3.84. The lowest BCUT2D eigenvalue weighted by Gasteiger charge is -2.37. The predicted molar refractivity (Wildman–Crippen MR) is 108 cm³/mol. The number of hydrogen-bond donors (Lipinski definition) is 2. The van der Waals surface area contributed by atoms with Crippen molar-refractivity contribution in [3.8, 4) is 0 Å². The zero-order valence-corrected chi connectivity index (χ0v) is 17.0. The molecule has 1 fully saturated rings. The number of nitrogens with zero attached hydrogens (tertiary/aromatic N) is 2. The summed E-state index contributed by atoms with van der Waals surface area (Å²) >= 11 is 0. The number of para-hydroxylation sites is 1. The lowest BCUT2D eigenvalue weighted by atomic mass is 9.98. The first-order chi connectivity index (χ1) is 12.8. The molecule has 150 valence electrons. The average Bonchev–Trinajstić information content (AvgIpc) is 2.61. The van der Waals surface area contributed by atoms with Crippen molar-refractivity contribution in [1.82, 2.24) is 9.80 Å². The molecule has 6 heteroatoms. The number of carbonyl (C=O) groups excluding carboxylic acids is 1. The first-order valence-corrected chi connectivity index (χ1v) is 9.89. The monoisotopic (exact) mass is 375 g/mol. The third-order valence-electron chi connectivity index (χ3n) is 5.38. The fourth-order valence-corrected chi connectivity index (χ4v) is 3.84. The minimum absolute atomic E-state index is 0.0162. The topological polar surface area (TPSA) is 72.9 Å². The molecule has 0 unspecified atom stereocenters. The van der Waals surface area contributed by atoms with Crippen LogP contribution in [0.25, 0.3) is 0 Å². The van der Waals surface area contributed by atoms with Crippen molar-refractivity contribution in [1.29, 1.82) is 0 Å². The van der Waals surface area contributed by atoms with Gasteiger partial charge in [0.05, 0.1) is 13.1 Å². The maximum absolute atomic E-state index is 12.6. The van der Waals surface area contributed by atoms with E-state index >= 15 is 0 Å². The van der Waals surface area contributed by atoms with E-state index in [4.69, 9.17) is 5.11 Å².